The van der Waals surface area contributed by atoms with E-state index in [-0.39, 0.29) is 27.3 Å². The third-order valence-corrected chi connectivity index (χ3v) is 3.60. The van der Waals surface area contributed by atoms with Crippen LogP contribution in [0.3, 0.4) is 0 Å². The predicted molar refractivity (Wildman–Crippen MR) is 80.0 cm³/mol. The molecule has 0 heterocycles. The number of hydrogen-bond donors (Lipinski definition) is 1. The molecule has 0 bridgehead atoms. The van der Waals surface area contributed by atoms with Crippen LogP contribution in [0.4, 0.5) is 15.8 Å². The lowest BCUT2D eigenvalue weighted by Crippen LogP contribution is -2.26. The first kappa shape index (κ1) is 14.6. The highest BCUT2D eigenvalue weighted by Gasteiger charge is 2.19. The molecule has 104 valence electrons. The summed E-state index contributed by atoms with van der Waals surface area (Å²) in [6, 6.07) is 8.46. The van der Waals surface area contributed by atoms with Crippen molar-refractivity contribution in [2.45, 2.75) is 0 Å². The quantitative estimate of drug-likeness (QED) is 0.852. The Morgan fingerprint density at radius 3 is 2.40 bits per heavy atom. The van der Waals surface area contributed by atoms with Crippen LogP contribution in [0.5, 0.6) is 0 Å². The number of carbonyl (C=O) groups excluding carboxylic acids is 1. The van der Waals surface area contributed by atoms with Gasteiger partial charge in [0.05, 0.1) is 15.6 Å². The SMILES string of the molecule is CN(C(=O)c1cc(N)cc(Cl)c1Cl)c1ccc(F)cc1. The van der Waals surface area contributed by atoms with Gasteiger partial charge in [-0.05, 0) is 36.4 Å². The number of benzene rings is 2. The van der Waals surface area contributed by atoms with Crippen molar-refractivity contribution in [3.05, 3.63) is 57.8 Å². The fraction of sp³-hybridized carbons (Fsp3) is 0.0714. The standard InChI is InChI=1S/C14H11Cl2FN2O/c1-19(10-4-2-8(17)3-5-10)14(20)11-6-9(18)7-12(15)13(11)16/h2-7H,18H2,1H3. The molecule has 0 aromatic heterocycles. The van der Waals surface area contributed by atoms with Crippen molar-refractivity contribution in [1.82, 2.24) is 0 Å². The molecule has 2 aromatic carbocycles. The Kier molecular flexibility index (Phi) is 4.16. The Morgan fingerprint density at radius 1 is 1.20 bits per heavy atom. The number of anilines is 2. The van der Waals surface area contributed by atoms with E-state index in [2.05, 4.69) is 0 Å². The number of nitrogen functional groups attached to an aromatic ring is 1. The largest absolute Gasteiger partial charge is 0.399 e. The maximum absolute atomic E-state index is 12.9. The van der Waals surface area contributed by atoms with Crippen LogP contribution < -0.4 is 10.6 Å². The van der Waals surface area contributed by atoms with Gasteiger partial charge >= 0.3 is 0 Å². The van der Waals surface area contributed by atoms with Crippen LogP contribution in [0.1, 0.15) is 10.4 Å². The predicted octanol–water partition coefficient (Wildman–Crippen LogP) is 3.99. The monoisotopic (exact) mass is 312 g/mol. The molecule has 3 nitrogen and oxygen atoms in total. The maximum Gasteiger partial charge on any atom is 0.259 e. The van der Waals surface area contributed by atoms with Crippen molar-refractivity contribution in [2.24, 2.45) is 0 Å². The van der Waals surface area contributed by atoms with E-state index in [1.807, 2.05) is 0 Å². The fourth-order valence-corrected chi connectivity index (χ4v) is 2.15. The number of nitrogens with zero attached hydrogens (tertiary/aromatic N) is 1. The summed E-state index contributed by atoms with van der Waals surface area (Å²) in [5.41, 5.74) is 6.74. The van der Waals surface area contributed by atoms with Crippen molar-refractivity contribution < 1.29 is 9.18 Å². The van der Waals surface area contributed by atoms with Gasteiger partial charge < -0.3 is 10.6 Å². The molecule has 0 aliphatic heterocycles. The van der Waals surface area contributed by atoms with Crippen molar-refractivity contribution >= 4 is 40.5 Å². The Hall–Kier alpha value is -1.78. The lowest BCUT2D eigenvalue weighted by molar-refractivity contribution is 0.0993. The Morgan fingerprint density at radius 2 is 1.80 bits per heavy atom. The first-order valence-corrected chi connectivity index (χ1v) is 6.44. The van der Waals surface area contributed by atoms with Crippen LogP contribution in [-0.4, -0.2) is 13.0 Å². The summed E-state index contributed by atoms with van der Waals surface area (Å²) in [4.78, 5) is 13.7. The van der Waals surface area contributed by atoms with Crippen molar-refractivity contribution in [3.63, 3.8) is 0 Å². The minimum absolute atomic E-state index is 0.139. The summed E-state index contributed by atoms with van der Waals surface area (Å²) in [6.07, 6.45) is 0. The first-order chi connectivity index (χ1) is 9.40. The second kappa shape index (κ2) is 5.69. The van der Waals surface area contributed by atoms with Crippen molar-refractivity contribution in [2.75, 3.05) is 17.7 Å². The lowest BCUT2D eigenvalue weighted by atomic mass is 10.1. The maximum atomic E-state index is 12.9. The number of nitrogens with two attached hydrogens (primary N) is 1. The number of hydrogen-bond acceptors (Lipinski definition) is 2. The molecule has 0 spiro atoms. The summed E-state index contributed by atoms with van der Waals surface area (Å²) in [5.74, 6) is -0.754. The minimum Gasteiger partial charge on any atom is -0.399 e. The van der Waals surface area contributed by atoms with Gasteiger partial charge in [-0.15, -0.1) is 0 Å². The zero-order valence-corrected chi connectivity index (χ0v) is 12.0. The summed E-state index contributed by atoms with van der Waals surface area (Å²) in [5, 5.41) is 0.349. The highest BCUT2D eigenvalue weighted by molar-refractivity contribution is 6.44. The van der Waals surface area contributed by atoms with E-state index >= 15 is 0 Å². The van der Waals surface area contributed by atoms with Gasteiger partial charge in [0.25, 0.3) is 5.91 Å². The van der Waals surface area contributed by atoms with E-state index in [4.69, 9.17) is 28.9 Å². The molecule has 1 amide bonds. The molecule has 0 unspecified atom stereocenters. The average Bonchev–Trinajstić information content (AvgIpc) is 2.42. The summed E-state index contributed by atoms with van der Waals surface area (Å²) >= 11 is 11.9. The number of carbonyl (C=O) groups is 1. The molecule has 20 heavy (non-hydrogen) atoms. The highest BCUT2D eigenvalue weighted by Crippen LogP contribution is 2.30. The van der Waals surface area contributed by atoms with E-state index in [0.717, 1.165) is 0 Å². The second-order valence-electron chi connectivity index (χ2n) is 4.20. The fourth-order valence-electron chi connectivity index (χ4n) is 1.73. The Labute approximate surface area is 125 Å². The van der Waals surface area contributed by atoms with Gasteiger partial charge in [-0.3, -0.25) is 4.79 Å². The Balaban J connectivity index is 2.38. The van der Waals surface area contributed by atoms with E-state index in [9.17, 15) is 9.18 Å². The molecule has 2 N–H and O–H groups in total. The topological polar surface area (TPSA) is 46.3 Å². The Bertz CT molecular complexity index is 659. The van der Waals surface area contributed by atoms with Crippen molar-refractivity contribution in [3.8, 4) is 0 Å². The molecule has 0 saturated heterocycles. The number of amides is 1. The van der Waals surface area contributed by atoms with Gasteiger partial charge in [0, 0.05) is 18.4 Å². The number of rotatable bonds is 2. The number of halogens is 3. The van der Waals surface area contributed by atoms with Gasteiger partial charge in [0.2, 0.25) is 0 Å². The van der Waals surface area contributed by atoms with Crippen LogP contribution >= 0.6 is 23.2 Å². The van der Waals surface area contributed by atoms with Crippen LogP contribution in [0.2, 0.25) is 10.0 Å². The normalized spacial score (nSPS) is 10.4. The zero-order chi connectivity index (χ0) is 14.9. The smallest absolute Gasteiger partial charge is 0.259 e. The molecule has 2 rings (SSSR count). The summed E-state index contributed by atoms with van der Waals surface area (Å²) in [7, 11) is 1.56. The molecule has 0 aliphatic rings. The molecular formula is C14H11Cl2FN2O. The van der Waals surface area contributed by atoms with Crippen LogP contribution in [0.15, 0.2) is 36.4 Å². The molecule has 0 saturated carbocycles. The van der Waals surface area contributed by atoms with Crippen LogP contribution in [0.25, 0.3) is 0 Å². The average molecular weight is 313 g/mol. The summed E-state index contributed by atoms with van der Waals surface area (Å²) < 4.78 is 12.9. The third kappa shape index (κ3) is 2.86. The van der Waals surface area contributed by atoms with Crippen LogP contribution in [0, 0.1) is 5.82 Å². The zero-order valence-electron chi connectivity index (χ0n) is 10.5. The third-order valence-electron chi connectivity index (χ3n) is 2.80. The van der Waals surface area contributed by atoms with Gasteiger partial charge in [-0.1, -0.05) is 23.2 Å². The molecule has 2 aromatic rings. The van der Waals surface area contributed by atoms with E-state index < -0.39 is 0 Å². The molecule has 0 radical (unpaired) electrons. The van der Waals surface area contributed by atoms with Gasteiger partial charge in [-0.25, -0.2) is 4.39 Å². The minimum atomic E-state index is -0.379. The lowest BCUT2D eigenvalue weighted by Gasteiger charge is -2.18. The molecular weight excluding hydrogens is 302 g/mol. The molecule has 0 fully saturated rings. The molecule has 6 heteroatoms. The van der Waals surface area contributed by atoms with Crippen molar-refractivity contribution in [1.29, 1.82) is 0 Å². The van der Waals surface area contributed by atoms with E-state index in [1.54, 1.807) is 7.05 Å². The first-order valence-electron chi connectivity index (χ1n) is 5.68. The van der Waals surface area contributed by atoms with Gasteiger partial charge in [0.15, 0.2) is 0 Å². The van der Waals surface area contributed by atoms with E-state index in [1.165, 1.54) is 41.3 Å². The molecule has 0 atom stereocenters. The second-order valence-corrected chi connectivity index (χ2v) is 4.99. The summed E-state index contributed by atoms with van der Waals surface area (Å²) in [6.45, 7) is 0. The van der Waals surface area contributed by atoms with Crippen LogP contribution in [-0.2, 0) is 0 Å². The molecule has 0 aliphatic carbocycles. The van der Waals surface area contributed by atoms with E-state index in [0.29, 0.717) is 11.4 Å². The highest BCUT2D eigenvalue weighted by atomic mass is 35.5. The van der Waals surface area contributed by atoms with Gasteiger partial charge in [0.1, 0.15) is 5.82 Å². The van der Waals surface area contributed by atoms with Gasteiger partial charge in [-0.2, -0.15) is 0 Å².